The van der Waals surface area contributed by atoms with Crippen molar-refractivity contribution in [1.29, 1.82) is 0 Å². The maximum atomic E-state index is 6.03. The van der Waals surface area contributed by atoms with Gasteiger partial charge in [0.1, 0.15) is 0 Å². The number of unbranched alkanes of at least 4 members (excludes halogenated alkanes) is 1. The van der Waals surface area contributed by atoms with Crippen molar-refractivity contribution in [3.63, 3.8) is 0 Å². The molecule has 4 heteroatoms. The molecule has 1 aromatic carbocycles. The van der Waals surface area contributed by atoms with E-state index in [1.165, 1.54) is 22.2 Å². The first-order valence-corrected chi connectivity index (χ1v) is 12.8. The van der Waals surface area contributed by atoms with Gasteiger partial charge in [-0.05, 0) is 88.4 Å². The highest BCUT2D eigenvalue weighted by molar-refractivity contribution is 5.84. The van der Waals surface area contributed by atoms with Gasteiger partial charge in [0.15, 0.2) is 0 Å². The summed E-state index contributed by atoms with van der Waals surface area (Å²) in [6, 6.07) is 10.9. The van der Waals surface area contributed by atoms with Crippen LogP contribution >= 0.6 is 0 Å². The number of para-hydroxylation sites is 1. The Morgan fingerprint density at radius 2 is 2.03 bits per heavy atom. The molecule has 0 amide bonds. The second-order valence-electron chi connectivity index (χ2n) is 9.49. The fourth-order valence-electron chi connectivity index (χ4n) is 5.06. The van der Waals surface area contributed by atoms with Gasteiger partial charge in [-0.3, -0.25) is 0 Å². The average molecular weight is 458 g/mol. The zero-order chi connectivity index (χ0) is 24.0. The van der Waals surface area contributed by atoms with Crippen molar-refractivity contribution in [2.75, 3.05) is 20.2 Å². The number of ether oxygens (including phenoxy) is 1. The minimum atomic E-state index is -0.0265. The predicted octanol–water partition coefficient (Wildman–Crippen LogP) is 6.76. The fourth-order valence-corrected chi connectivity index (χ4v) is 5.06. The molecular weight excluding hydrogens is 418 g/mol. The van der Waals surface area contributed by atoms with Crippen LogP contribution in [0.25, 0.3) is 16.6 Å². The van der Waals surface area contributed by atoms with E-state index in [4.69, 9.17) is 9.72 Å². The van der Waals surface area contributed by atoms with Gasteiger partial charge in [0.05, 0.1) is 22.5 Å². The van der Waals surface area contributed by atoms with E-state index in [9.17, 15) is 0 Å². The van der Waals surface area contributed by atoms with Crippen LogP contribution in [0.4, 0.5) is 0 Å². The molecule has 0 spiro atoms. The highest BCUT2D eigenvalue weighted by Gasteiger charge is 2.31. The number of rotatable bonds is 8. The van der Waals surface area contributed by atoms with Gasteiger partial charge in [0, 0.05) is 24.4 Å². The number of hydrogen-bond donors (Lipinski definition) is 1. The number of allylic oxidation sites excluding steroid dienone is 5. The topological polar surface area (TPSA) is 37.4 Å². The van der Waals surface area contributed by atoms with Gasteiger partial charge >= 0.3 is 0 Å². The Hall–Kier alpha value is -2.69. The van der Waals surface area contributed by atoms with Crippen LogP contribution in [-0.2, 0) is 11.2 Å². The van der Waals surface area contributed by atoms with E-state index >= 15 is 0 Å². The number of methoxy groups -OCH3 is 1. The second kappa shape index (κ2) is 11.2. The number of pyridine rings is 1. The summed E-state index contributed by atoms with van der Waals surface area (Å²) in [5.41, 5.74) is 6.99. The van der Waals surface area contributed by atoms with Crippen LogP contribution < -0.4 is 5.32 Å². The molecule has 34 heavy (non-hydrogen) atoms. The molecule has 1 N–H and O–H groups in total. The summed E-state index contributed by atoms with van der Waals surface area (Å²) < 4.78 is 6.03. The third-order valence-electron chi connectivity index (χ3n) is 7.18. The molecule has 180 valence electrons. The van der Waals surface area contributed by atoms with Crippen LogP contribution in [0.2, 0.25) is 0 Å². The van der Waals surface area contributed by atoms with Crippen LogP contribution in [0.1, 0.15) is 64.1 Å². The standard InChI is InChI=1S/C30H39N3O/c1-5-7-11-26-22-23(3)15-21-33(26)28(6-2)27-13-12-24-9-8-10-25(29(24)32-27)14-16-30(34-4)17-19-31-20-18-30/h6,8-13,15,21-22,31H,5,7,14,16-20H2,1-4H3. The third-order valence-corrected chi connectivity index (χ3v) is 7.18. The number of aromatic nitrogens is 1. The number of aryl methyl sites for hydroxylation is 1. The van der Waals surface area contributed by atoms with Gasteiger partial charge in [0.25, 0.3) is 0 Å². The smallest absolute Gasteiger partial charge is 0.0874 e. The number of fused-ring (bicyclic) bond motifs is 1. The summed E-state index contributed by atoms with van der Waals surface area (Å²) >= 11 is 0. The zero-order valence-corrected chi connectivity index (χ0v) is 21.2. The van der Waals surface area contributed by atoms with E-state index in [1.807, 2.05) is 7.11 Å². The van der Waals surface area contributed by atoms with E-state index in [0.717, 1.165) is 68.5 Å². The van der Waals surface area contributed by atoms with E-state index in [1.54, 1.807) is 0 Å². The van der Waals surface area contributed by atoms with Crippen LogP contribution in [0.3, 0.4) is 0 Å². The monoisotopic (exact) mass is 457 g/mol. The fraction of sp³-hybridized carbons (Fsp3) is 0.433. The first-order valence-electron chi connectivity index (χ1n) is 12.8. The van der Waals surface area contributed by atoms with E-state index < -0.39 is 0 Å². The van der Waals surface area contributed by atoms with Crippen molar-refractivity contribution in [1.82, 2.24) is 15.2 Å². The molecule has 0 saturated carbocycles. The molecule has 1 saturated heterocycles. The Morgan fingerprint density at radius 3 is 2.76 bits per heavy atom. The number of piperidine rings is 1. The van der Waals surface area contributed by atoms with Gasteiger partial charge in [-0.25, -0.2) is 4.98 Å². The quantitative estimate of drug-likeness (QED) is 0.475. The predicted molar refractivity (Wildman–Crippen MR) is 143 cm³/mol. The first-order chi connectivity index (χ1) is 16.6. The van der Waals surface area contributed by atoms with E-state index in [-0.39, 0.29) is 5.60 Å². The van der Waals surface area contributed by atoms with Crippen LogP contribution in [0, 0.1) is 0 Å². The number of nitrogens with zero attached hydrogens (tertiary/aromatic N) is 2. The Bertz CT molecular complexity index is 1120. The molecular formula is C30H39N3O. The highest BCUT2D eigenvalue weighted by atomic mass is 16.5. The molecule has 1 fully saturated rings. The minimum absolute atomic E-state index is 0.0265. The lowest BCUT2D eigenvalue weighted by molar-refractivity contribution is -0.0399. The maximum Gasteiger partial charge on any atom is 0.0874 e. The molecule has 4 rings (SSSR count). The Labute approximate surface area is 205 Å². The molecule has 4 nitrogen and oxygen atoms in total. The normalized spacial score (nSPS) is 19.6. The lowest BCUT2D eigenvalue weighted by Gasteiger charge is -2.36. The summed E-state index contributed by atoms with van der Waals surface area (Å²) in [5.74, 6) is 0. The molecule has 1 aromatic heterocycles. The van der Waals surface area contributed by atoms with Crippen molar-refractivity contribution in [2.45, 2.75) is 64.9 Å². The lowest BCUT2D eigenvalue weighted by atomic mass is 9.86. The van der Waals surface area contributed by atoms with Gasteiger partial charge < -0.3 is 15.0 Å². The van der Waals surface area contributed by atoms with Gasteiger partial charge in [0.2, 0.25) is 0 Å². The summed E-state index contributed by atoms with van der Waals surface area (Å²) in [7, 11) is 1.87. The van der Waals surface area contributed by atoms with E-state index in [0.29, 0.717) is 0 Å². The molecule has 2 aliphatic heterocycles. The minimum Gasteiger partial charge on any atom is -0.378 e. The zero-order valence-electron chi connectivity index (χ0n) is 21.2. The first kappa shape index (κ1) is 24.4. The molecule has 0 atom stereocenters. The highest BCUT2D eigenvalue weighted by Crippen LogP contribution is 2.32. The molecule has 0 bridgehead atoms. The summed E-state index contributed by atoms with van der Waals surface area (Å²) in [6.07, 6.45) is 17.4. The number of benzene rings is 1. The molecule has 3 heterocycles. The van der Waals surface area contributed by atoms with Crippen molar-refractivity contribution in [3.05, 3.63) is 83.4 Å². The van der Waals surface area contributed by atoms with Gasteiger partial charge in [-0.15, -0.1) is 0 Å². The van der Waals surface area contributed by atoms with Crippen molar-refractivity contribution >= 4 is 16.6 Å². The van der Waals surface area contributed by atoms with Crippen LogP contribution in [0.5, 0.6) is 0 Å². The maximum absolute atomic E-state index is 6.03. The Balaban J connectivity index is 1.65. The third kappa shape index (κ3) is 5.34. The van der Waals surface area contributed by atoms with Crippen LogP contribution in [-0.4, -0.2) is 35.7 Å². The lowest BCUT2D eigenvalue weighted by Crippen LogP contribution is -2.43. The molecule has 0 unspecified atom stereocenters. The van der Waals surface area contributed by atoms with Crippen molar-refractivity contribution < 1.29 is 4.74 Å². The molecule has 0 aliphatic carbocycles. The SMILES string of the molecule is CC=C(c1ccc2cccc(CCC3(OC)CCNCC3)c2n1)N1C=CC(C)=CC1=CCCC. The second-order valence-corrected chi connectivity index (χ2v) is 9.49. The summed E-state index contributed by atoms with van der Waals surface area (Å²) in [5, 5.41) is 4.66. The van der Waals surface area contributed by atoms with Crippen molar-refractivity contribution in [3.8, 4) is 0 Å². The summed E-state index contributed by atoms with van der Waals surface area (Å²) in [4.78, 5) is 7.49. The van der Waals surface area contributed by atoms with Gasteiger partial charge in [-0.2, -0.15) is 0 Å². The number of hydrogen-bond acceptors (Lipinski definition) is 4. The molecule has 0 radical (unpaired) electrons. The largest absolute Gasteiger partial charge is 0.378 e. The Morgan fingerprint density at radius 1 is 1.21 bits per heavy atom. The molecule has 2 aliphatic rings. The average Bonchev–Trinajstić information content (AvgIpc) is 2.88. The van der Waals surface area contributed by atoms with Crippen molar-refractivity contribution in [2.24, 2.45) is 0 Å². The molecule has 2 aromatic rings. The Kier molecular flexibility index (Phi) is 8.02. The van der Waals surface area contributed by atoms with Gasteiger partial charge in [-0.1, -0.05) is 49.8 Å². The number of nitrogens with one attached hydrogen (secondary N) is 1. The van der Waals surface area contributed by atoms with E-state index in [2.05, 4.69) is 91.8 Å². The van der Waals surface area contributed by atoms with Crippen LogP contribution in [0.15, 0.2) is 72.1 Å². The summed E-state index contributed by atoms with van der Waals surface area (Å²) in [6.45, 7) is 8.53.